The Bertz CT molecular complexity index is 417. The predicted molar refractivity (Wildman–Crippen MR) is 45.6 cm³/mol. The topological polar surface area (TPSA) is 67.8 Å². The zero-order chi connectivity index (χ0) is 12.3. The van der Waals surface area contributed by atoms with Crippen LogP contribution in [0.15, 0.2) is 23.4 Å². The van der Waals surface area contributed by atoms with Gasteiger partial charge in [-0.1, -0.05) is 5.16 Å². The number of halogens is 4. The smallest absolute Gasteiger partial charge is 0.409 e. The molecule has 0 heterocycles. The zero-order valence-electron chi connectivity index (χ0n) is 7.62. The molecule has 0 saturated heterocycles. The van der Waals surface area contributed by atoms with Crippen LogP contribution in [0.4, 0.5) is 17.6 Å². The Kier molecular flexibility index (Phi) is 3.21. The Morgan fingerprint density at radius 2 is 2.00 bits per heavy atom. The van der Waals surface area contributed by atoms with Crippen molar-refractivity contribution in [2.75, 3.05) is 0 Å². The molecule has 1 aromatic carbocycles. The van der Waals surface area contributed by atoms with Crippen molar-refractivity contribution < 1.29 is 27.5 Å². The lowest BCUT2D eigenvalue weighted by molar-refractivity contribution is -0.275. The summed E-state index contributed by atoms with van der Waals surface area (Å²) in [5.74, 6) is -2.67. The summed E-state index contributed by atoms with van der Waals surface area (Å²) in [7, 11) is 0. The highest BCUT2D eigenvalue weighted by atomic mass is 19.4. The van der Waals surface area contributed by atoms with Gasteiger partial charge in [0.15, 0.2) is 17.4 Å². The van der Waals surface area contributed by atoms with Crippen molar-refractivity contribution in [1.82, 2.24) is 0 Å². The van der Waals surface area contributed by atoms with E-state index in [-0.39, 0.29) is 5.56 Å². The summed E-state index contributed by atoms with van der Waals surface area (Å²) >= 11 is 0. The zero-order valence-corrected chi connectivity index (χ0v) is 7.62. The number of benzene rings is 1. The molecule has 0 amide bonds. The lowest BCUT2D eigenvalue weighted by Crippen LogP contribution is -2.18. The van der Waals surface area contributed by atoms with E-state index in [1.54, 1.807) is 0 Å². The molecule has 0 aliphatic rings. The monoisotopic (exact) mass is 238 g/mol. The molecule has 8 heteroatoms. The lowest BCUT2D eigenvalue weighted by Gasteiger charge is -2.10. The van der Waals surface area contributed by atoms with Gasteiger partial charge in [-0.15, -0.1) is 13.2 Å². The highest BCUT2D eigenvalue weighted by Gasteiger charge is 2.32. The molecule has 0 aromatic heterocycles. The minimum atomic E-state index is -4.97. The summed E-state index contributed by atoms with van der Waals surface area (Å²) < 4.78 is 51.8. The van der Waals surface area contributed by atoms with Crippen molar-refractivity contribution in [2.45, 2.75) is 6.36 Å². The molecule has 0 bridgehead atoms. The van der Waals surface area contributed by atoms with Crippen LogP contribution >= 0.6 is 0 Å². The standard InChI is InChI=1S/C8H6F4N2O2/c9-5-3-4(7(13)14-15)1-2-6(5)16-8(10,11)12/h1-3,15H,(H2,13,14). The van der Waals surface area contributed by atoms with E-state index >= 15 is 0 Å². The van der Waals surface area contributed by atoms with E-state index < -0.39 is 23.8 Å². The molecular formula is C8H6F4N2O2. The molecule has 16 heavy (non-hydrogen) atoms. The van der Waals surface area contributed by atoms with Gasteiger partial charge in [0.1, 0.15) is 0 Å². The molecule has 0 atom stereocenters. The Morgan fingerprint density at radius 3 is 2.44 bits per heavy atom. The molecule has 0 saturated carbocycles. The number of nitrogens with two attached hydrogens (primary N) is 1. The van der Waals surface area contributed by atoms with Crippen LogP contribution in [0.25, 0.3) is 0 Å². The Hall–Kier alpha value is -1.99. The predicted octanol–water partition coefficient (Wildman–Crippen LogP) is 1.82. The SMILES string of the molecule is N/C(=N/O)c1ccc(OC(F)(F)F)c(F)c1. The first-order valence-corrected chi connectivity index (χ1v) is 3.86. The third kappa shape index (κ3) is 3.01. The lowest BCUT2D eigenvalue weighted by atomic mass is 10.2. The Labute approximate surface area is 86.9 Å². The quantitative estimate of drug-likeness (QED) is 0.271. The highest BCUT2D eigenvalue weighted by molar-refractivity contribution is 5.97. The van der Waals surface area contributed by atoms with Gasteiger partial charge in [0.2, 0.25) is 0 Å². The largest absolute Gasteiger partial charge is 0.573 e. The molecule has 0 unspecified atom stereocenters. The van der Waals surface area contributed by atoms with Gasteiger partial charge in [0.05, 0.1) is 0 Å². The second kappa shape index (κ2) is 4.25. The Morgan fingerprint density at radius 1 is 1.38 bits per heavy atom. The van der Waals surface area contributed by atoms with E-state index in [4.69, 9.17) is 10.9 Å². The van der Waals surface area contributed by atoms with Gasteiger partial charge >= 0.3 is 6.36 Å². The minimum absolute atomic E-state index is 0.0606. The molecule has 3 N–H and O–H groups in total. The maximum atomic E-state index is 13.1. The molecule has 0 radical (unpaired) electrons. The van der Waals surface area contributed by atoms with Crippen LogP contribution in [-0.4, -0.2) is 17.4 Å². The summed E-state index contributed by atoms with van der Waals surface area (Å²) in [5.41, 5.74) is 5.05. The fourth-order valence-corrected chi connectivity index (χ4v) is 0.925. The molecule has 0 spiro atoms. The van der Waals surface area contributed by atoms with Gasteiger partial charge in [-0.2, -0.15) is 0 Å². The molecule has 1 aromatic rings. The minimum Gasteiger partial charge on any atom is -0.409 e. The van der Waals surface area contributed by atoms with E-state index in [0.29, 0.717) is 6.07 Å². The first-order valence-electron chi connectivity index (χ1n) is 3.86. The highest BCUT2D eigenvalue weighted by Crippen LogP contribution is 2.25. The van der Waals surface area contributed by atoms with Crippen molar-refractivity contribution in [3.05, 3.63) is 29.6 Å². The van der Waals surface area contributed by atoms with Crippen LogP contribution < -0.4 is 10.5 Å². The fourth-order valence-electron chi connectivity index (χ4n) is 0.925. The molecule has 88 valence electrons. The van der Waals surface area contributed by atoms with Crippen LogP contribution in [0.5, 0.6) is 5.75 Å². The van der Waals surface area contributed by atoms with Gasteiger partial charge in [-0.3, -0.25) is 0 Å². The van der Waals surface area contributed by atoms with Gasteiger partial charge in [0.25, 0.3) is 0 Å². The van der Waals surface area contributed by atoms with E-state index in [1.165, 1.54) is 0 Å². The van der Waals surface area contributed by atoms with Gasteiger partial charge in [-0.05, 0) is 18.2 Å². The second-order valence-electron chi connectivity index (χ2n) is 2.68. The summed E-state index contributed by atoms with van der Waals surface area (Å²) in [4.78, 5) is 0. The van der Waals surface area contributed by atoms with Crippen molar-refractivity contribution in [2.24, 2.45) is 10.9 Å². The molecule has 0 aliphatic heterocycles. The number of rotatable bonds is 2. The van der Waals surface area contributed by atoms with Crippen molar-refractivity contribution in [3.8, 4) is 5.75 Å². The van der Waals surface area contributed by atoms with Gasteiger partial charge in [-0.25, -0.2) is 4.39 Å². The van der Waals surface area contributed by atoms with Crippen LogP contribution in [-0.2, 0) is 0 Å². The Balaban J connectivity index is 3.01. The summed E-state index contributed by atoms with van der Waals surface area (Å²) in [5, 5.41) is 10.8. The third-order valence-electron chi connectivity index (χ3n) is 1.56. The van der Waals surface area contributed by atoms with Crippen molar-refractivity contribution in [1.29, 1.82) is 0 Å². The van der Waals surface area contributed by atoms with E-state index in [0.717, 1.165) is 12.1 Å². The number of oxime groups is 1. The summed E-state index contributed by atoms with van der Waals surface area (Å²) in [6.45, 7) is 0. The van der Waals surface area contributed by atoms with Crippen molar-refractivity contribution >= 4 is 5.84 Å². The van der Waals surface area contributed by atoms with Gasteiger partial charge in [0, 0.05) is 5.56 Å². The fraction of sp³-hybridized carbons (Fsp3) is 0.125. The van der Waals surface area contributed by atoms with E-state index in [9.17, 15) is 17.6 Å². The van der Waals surface area contributed by atoms with E-state index in [2.05, 4.69) is 9.89 Å². The molecule has 4 nitrogen and oxygen atoms in total. The first kappa shape index (κ1) is 12.1. The van der Waals surface area contributed by atoms with Crippen molar-refractivity contribution in [3.63, 3.8) is 0 Å². The number of amidine groups is 1. The number of nitrogens with zero attached hydrogens (tertiary/aromatic N) is 1. The maximum Gasteiger partial charge on any atom is 0.573 e. The second-order valence-corrected chi connectivity index (χ2v) is 2.68. The molecule has 0 aliphatic carbocycles. The van der Waals surface area contributed by atoms with Crippen LogP contribution in [0.2, 0.25) is 0 Å². The molecule has 0 fully saturated rings. The van der Waals surface area contributed by atoms with E-state index in [1.807, 2.05) is 0 Å². The van der Waals surface area contributed by atoms with Crippen LogP contribution in [0.3, 0.4) is 0 Å². The molecular weight excluding hydrogens is 232 g/mol. The summed E-state index contributed by atoms with van der Waals surface area (Å²) in [6, 6.07) is 2.42. The number of ether oxygens (including phenoxy) is 1. The molecule has 1 rings (SSSR count). The summed E-state index contributed by atoms with van der Waals surface area (Å²) in [6.07, 6.45) is -4.97. The first-order chi connectivity index (χ1) is 7.33. The number of hydrogen-bond acceptors (Lipinski definition) is 3. The normalized spacial score (nSPS) is 12.6. The van der Waals surface area contributed by atoms with Gasteiger partial charge < -0.3 is 15.7 Å². The number of hydrogen-bond donors (Lipinski definition) is 2. The van der Waals surface area contributed by atoms with Crippen LogP contribution in [0, 0.1) is 5.82 Å². The number of alkyl halides is 3. The maximum absolute atomic E-state index is 13.1. The average Bonchev–Trinajstić information content (AvgIpc) is 2.18. The average molecular weight is 238 g/mol. The van der Waals surface area contributed by atoms with Crippen LogP contribution in [0.1, 0.15) is 5.56 Å². The third-order valence-corrected chi connectivity index (χ3v) is 1.56.